The molecule has 0 radical (unpaired) electrons. The van der Waals surface area contributed by atoms with Gasteiger partial charge < -0.3 is 0 Å². The van der Waals surface area contributed by atoms with Crippen LogP contribution in [0.2, 0.25) is 0 Å². The van der Waals surface area contributed by atoms with Crippen LogP contribution in [0.3, 0.4) is 0 Å². The van der Waals surface area contributed by atoms with E-state index in [0.29, 0.717) is 16.5 Å². The molecule has 0 aliphatic heterocycles. The molecule has 0 aromatic heterocycles. The number of carbonyl (C=O) groups excluding carboxylic acids is 1. The minimum absolute atomic E-state index is 0.125. The first-order valence-corrected chi connectivity index (χ1v) is 7.36. The summed E-state index contributed by atoms with van der Waals surface area (Å²) in [4.78, 5) is 12.0. The molecule has 2 rings (SSSR count). The molecule has 0 heterocycles. The van der Waals surface area contributed by atoms with Crippen molar-refractivity contribution < 1.29 is 9.18 Å². The first kappa shape index (κ1) is 14.9. The van der Waals surface area contributed by atoms with Gasteiger partial charge in [0.15, 0.2) is 0 Å². The molecule has 0 bridgehead atoms. The highest BCUT2D eigenvalue weighted by molar-refractivity contribution is 9.10. The van der Waals surface area contributed by atoms with Gasteiger partial charge in [0.2, 0.25) is 0 Å². The third-order valence-corrected chi connectivity index (χ3v) is 4.24. The van der Waals surface area contributed by atoms with E-state index < -0.39 is 0 Å². The molecule has 0 amide bonds. The van der Waals surface area contributed by atoms with E-state index in [1.807, 2.05) is 31.2 Å². The van der Waals surface area contributed by atoms with Gasteiger partial charge in [-0.15, -0.1) is 0 Å². The van der Waals surface area contributed by atoms with Crippen LogP contribution in [0.25, 0.3) is 0 Å². The summed E-state index contributed by atoms with van der Waals surface area (Å²) >= 11 is 3.19. The number of aryl methyl sites for hydroxylation is 2. The van der Waals surface area contributed by atoms with E-state index in [9.17, 15) is 9.18 Å². The minimum Gasteiger partial charge on any atom is -0.299 e. The molecule has 2 aromatic rings. The van der Waals surface area contributed by atoms with Crippen molar-refractivity contribution in [2.24, 2.45) is 0 Å². The molecular formula is C17H16BrFO. The fourth-order valence-electron chi connectivity index (χ4n) is 2.15. The molecule has 0 N–H and O–H groups in total. The standard InChI is InChI=1S/C17H16BrFO/c1-12-5-2-3-6-13(12)9-10-15(20)11-14-7-4-8-16(19)17(14)18/h2-8H,9-11H2,1H3. The van der Waals surface area contributed by atoms with Crippen molar-refractivity contribution in [3.63, 3.8) is 0 Å². The second kappa shape index (κ2) is 6.80. The molecule has 0 saturated heterocycles. The molecule has 2 aromatic carbocycles. The van der Waals surface area contributed by atoms with E-state index in [1.165, 1.54) is 17.2 Å². The summed E-state index contributed by atoms with van der Waals surface area (Å²) in [6.45, 7) is 2.04. The van der Waals surface area contributed by atoms with Gasteiger partial charge in [0.05, 0.1) is 4.47 Å². The lowest BCUT2D eigenvalue weighted by Crippen LogP contribution is -2.06. The number of rotatable bonds is 5. The van der Waals surface area contributed by atoms with Gasteiger partial charge >= 0.3 is 0 Å². The Balaban J connectivity index is 1.96. The van der Waals surface area contributed by atoms with Crippen LogP contribution in [-0.4, -0.2) is 5.78 Å². The van der Waals surface area contributed by atoms with Gasteiger partial charge in [-0.25, -0.2) is 4.39 Å². The predicted octanol–water partition coefficient (Wildman–Crippen LogP) is 4.64. The normalized spacial score (nSPS) is 10.6. The summed E-state index contributed by atoms with van der Waals surface area (Å²) in [5, 5.41) is 0. The Morgan fingerprint density at radius 2 is 1.80 bits per heavy atom. The fraction of sp³-hybridized carbons (Fsp3) is 0.235. The number of hydrogen-bond donors (Lipinski definition) is 0. The Hall–Kier alpha value is -1.48. The Bertz CT molecular complexity index is 622. The van der Waals surface area contributed by atoms with Gasteiger partial charge in [-0.05, 0) is 52.0 Å². The smallest absolute Gasteiger partial charge is 0.137 e. The summed E-state index contributed by atoms with van der Waals surface area (Å²) in [5.74, 6) is -0.200. The number of benzene rings is 2. The Morgan fingerprint density at radius 3 is 2.55 bits per heavy atom. The van der Waals surface area contributed by atoms with Crippen LogP contribution in [0, 0.1) is 12.7 Å². The number of hydrogen-bond acceptors (Lipinski definition) is 1. The maximum absolute atomic E-state index is 13.4. The summed E-state index contributed by atoms with van der Waals surface area (Å²) < 4.78 is 13.8. The van der Waals surface area contributed by atoms with Gasteiger partial charge in [-0.2, -0.15) is 0 Å². The van der Waals surface area contributed by atoms with Crippen LogP contribution in [0.1, 0.15) is 23.1 Å². The second-order valence-corrected chi connectivity index (χ2v) is 5.65. The Labute approximate surface area is 127 Å². The van der Waals surface area contributed by atoms with E-state index in [2.05, 4.69) is 15.9 Å². The maximum Gasteiger partial charge on any atom is 0.137 e. The van der Waals surface area contributed by atoms with Crippen LogP contribution < -0.4 is 0 Å². The van der Waals surface area contributed by atoms with Crippen molar-refractivity contribution in [1.29, 1.82) is 0 Å². The highest BCUT2D eigenvalue weighted by atomic mass is 79.9. The molecule has 1 nitrogen and oxygen atoms in total. The summed E-state index contributed by atoms with van der Waals surface area (Å²) in [7, 11) is 0. The first-order valence-electron chi connectivity index (χ1n) is 6.57. The number of ketones is 1. The van der Waals surface area contributed by atoms with Crippen molar-refractivity contribution in [3.8, 4) is 0 Å². The quantitative estimate of drug-likeness (QED) is 0.778. The molecule has 0 fully saturated rings. The van der Waals surface area contributed by atoms with Crippen LogP contribution in [0.5, 0.6) is 0 Å². The van der Waals surface area contributed by atoms with Crippen molar-refractivity contribution in [3.05, 3.63) is 69.4 Å². The van der Waals surface area contributed by atoms with Crippen LogP contribution in [-0.2, 0) is 17.6 Å². The Kier molecular flexibility index (Phi) is 5.07. The summed E-state index contributed by atoms with van der Waals surface area (Å²) in [5.41, 5.74) is 3.10. The zero-order valence-electron chi connectivity index (χ0n) is 11.3. The van der Waals surface area contributed by atoms with Crippen molar-refractivity contribution in [2.45, 2.75) is 26.2 Å². The van der Waals surface area contributed by atoms with Crippen LogP contribution in [0.15, 0.2) is 46.9 Å². The molecule has 20 heavy (non-hydrogen) atoms. The molecule has 104 valence electrons. The van der Waals surface area contributed by atoms with Gasteiger partial charge in [0, 0.05) is 12.8 Å². The molecule has 0 aliphatic rings. The van der Waals surface area contributed by atoms with Gasteiger partial charge in [-0.1, -0.05) is 36.4 Å². The van der Waals surface area contributed by atoms with Crippen LogP contribution >= 0.6 is 15.9 Å². The zero-order valence-corrected chi connectivity index (χ0v) is 12.9. The van der Waals surface area contributed by atoms with Crippen molar-refractivity contribution in [2.75, 3.05) is 0 Å². The molecule has 0 atom stereocenters. The van der Waals surface area contributed by atoms with Crippen LogP contribution in [0.4, 0.5) is 4.39 Å². The van der Waals surface area contributed by atoms with Crippen molar-refractivity contribution in [1.82, 2.24) is 0 Å². The van der Waals surface area contributed by atoms with E-state index in [-0.39, 0.29) is 18.0 Å². The predicted molar refractivity (Wildman–Crippen MR) is 82.3 cm³/mol. The third-order valence-electron chi connectivity index (χ3n) is 3.35. The maximum atomic E-state index is 13.4. The third kappa shape index (κ3) is 3.76. The second-order valence-electron chi connectivity index (χ2n) is 4.85. The average Bonchev–Trinajstić information content (AvgIpc) is 2.43. The van der Waals surface area contributed by atoms with Crippen molar-refractivity contribution >= 4 is 21.7 Å². The van der Waals surface area contributed by atoms with E-state index in [1.54, 1.807) is 12.1 Å². The molecule has 0 saturated carbocycles. The SMILES string of the molecule is Cc1ccccc1CCC(=O)Cc1cccc(F)c1Br. The molecule has 0 aliphatic carbocycles. The lowest BCUT2D eigenvalue weighted by atomic mass is 10.00. The monoisotopic (exact) mass is 334 g/mol. The average molecular weight is 335 g/mol. The molecule has 0 spiro atoms. The van der Waals surface area contributed by atoms with Gasteiger partial charge in [-0.3, -0.25) is 4.79 Å². The first-order chi connectivity index (χ1) is 9.58. The lowest BCUT2D eigenvalue weighted by molar-refractivity contribution is -0.118. The molecule has 3 heteroatoms. The highest BCUT2D eigenvalue weighted by Crippen LogP contribution is 2.21. The van der Waals surface area contributed by atoms with E-state index >= 15 is 0 Å². The van der Waals surface area contributed by atoms with E-state index in [0.717, 1.165) is 6.42 Å². The zero-order chi connectivity index (χ0) is 14.5. The van der Waals surface area contributed by atoms with Gasteiger partial charge in [0.25, 0.3) is 0 Å². The largest absolute Gasteiger partial charge is 0.299 e. The summed E-state index contributed by atoms with van der Waals surface area (Å²) in [6.07, 6.45) is 1.48. The number of Topliss-reactive ketones (excluding diaryl/α,β-unsaturated/α-hetero) is 1. The number of carbonyl (C=O) groups is 1. The minimum atomic E-state index is -0.325. The summed E-state index contributed by atoms with van der Waals surface area (Å²) in [6, 6.07) is 12.8. The fourth-order valence-corrected chi connectivity index (χ4v) is 2.55. The molecular weight excluding hydrogens is 319 g/mol. The highest BCUT2D eigenvalue weighted by Gasteiger charge is 2.10. The van der Waals surface area contributed by atoms with Gasteiger partial charge in [0.1, 0.15) is 11.6 Å². The Morgan fingerprint density at radius 1 is 1.10 bits per heavy atom. The lowest BCUT2D eigenvalue weighted by Gasteiger charge is -2.06. The molecule has 0 unspecified atom stereocenters. The topological polar surface area (TPSA) is 17.1 Å². The van der Waals surface area contributed by atoms with E-state index in [4.69, 9.17) is 0 Å². The number of halogens is 2.